The fourth-order valence-corrected chi connectivity index (χ4v) is 5.09. The molecule has 0 unspecified atom stereocenters. The summed E-state index contributed by atoms with van der Waals surface area (Å²) >= 11 is 1.80. The average Bonchev–Trinajstić information content (AvgIpc) is 3.42. The van der Waals surface area contributed by atoms with Gasteiger partial charge in [-0.2, -0.15) is 0 Å². The molecular weight excluding hydrogens is 370 g/mol. The Labute approximate surface area is 170 Å². The molecule has 1 fully saturated rings. The number of aromatic nitrogens is 4. The summed E-state index contributed by atoms with van der Waals surface area (Å²) in [6.45, 7) is 3.60. The molecule has 3 heterocycles. The van der Waals surface area contributed by atoms with Crippen LogP contribution in [0.15, 0.2) is 47.8 Å². The van der Waals surface area contributed by atoms with Crippen LogP contribution in [0.2, 0.25) is 0 Å². The summed E-state index contributed by atoms with van der Waals surface area (Å²) in [5.74, 6) is 1.72. The molecule has 1 aromatic carbocycles. The quantitative estimate of drug-likeness (QED) is 0.631. The molecule has 0 saturated carbocycles. The van der Waals surface area contributed by atoms with Gasteiger partial charge in [-0.1, -0.05) is 36.4 Å². The van der Waals surface area contributed by atoms with Crippen molar-refractivity contribution in [3.8, 4) is 0 Å². The molecule has 7 heteroatoms. The van der Waals surface area contributed by atoms with Crippen molar-refractivity contribution in [2.75, 3.05) is 26.8 Å². The van der Waals surface area contributed by atoms with Gasteiger partial charge < -0.3 is 9.64 Å². The first kappa shape index (κ1) is 19.2. The number of thiophene rings is 1. The smallest absolute Gasteiger partial charge is 0.215 e. The van der Waals surface area contributed by atoms with Crippen LogP contribution < -0.4 is 4.90 Å². The molecule has 1 saturated heterocycles. The molecule has 2 aromatic heterocycles. The molecule has 28 heavy (non-hydrogen) atoms. The van der Waals surface area contributed by atoms with Crippen LogP contribution in [0.25, 0.3) is 0 Å². The van der Waals surface area contributed by atoms with Gasteiger partial charge in [0.25, 0.3) is 0 Å². The van der Waals surface area contributed by atoms with Gasteiger partial charge in [0.15, 0.2) is 6.04 Å². The lowest BCUT2D eigenvalue weighted by Gasteiger charge is -2.33. The van der Waals surface area contributed by atoms with Gasteiger partial charge in [-0.3, -0.25) is 0 Å². The number of piperidine rings is 1. The van der Waals surface area contributed by atoms with Crippen LogP contribution in [-0.4, -0.2) is 47.0 Å². The normalized spacial score (nSPS) is 20.9. The molecule has 0 radical (unpaired) electrons. The van der Waals surface area contributed by atoms with E-state index in [1.54, 1.807) is 23.3 Å². The van der Waals surface area contributed by atoms with Crippen LogP contribution in [0.3, 0.4) is 0 Å². The van der Waals surface area contributed by atoms with E-state index in [9.17, 15) is 0 Å². The Morgan fingerprint density at radius 1 is 1.18 bits per heavy atom. The SMILES string of the molecule is COCCn1nnnc1[C@H](c1cccs1)[NH+]1CCC(Cc2ccccc2)CC1. The Hall–Kier alpha value is -2.09. The van der Waals surface area contributed by atoms with Crippen molar-refractivity contribution in [2.24, 2.45) is 5.92 Å². The Morgan fingerprint density at radius 3 is 2.71 bits per heavy atom. The van der Waals surface area contributed by atoms with Crippen LogP contribution in [0.5, 0.6) is 0 Å². The first-order valence-corrected chi connectivity index (χ1v) is 10.9. The Morgan fingerprint density at radius 2 is 2.00 bits per heavy atom. The molecule has 0 spiro atoms. The van der Waals surface area contributed by atoms with Crippen molar-refractivity contribution >= 4 is 11.3 Å². The van der Waals surface area contributed by atoms with Crippen molar-refractivity contribution in [2.45, 2.75) is 31.8 Å². The molecule has 1 N–H and O–H groups in total. The summed E-state index contributed by atoms with van der Waals surface area (Å²) < 4.78 is 7.15. The molecule has 0 bridgehead atoms. The number of rotatable bonds is 8. The maximum atomic E-state index is 5.24. The van der Waals surface area contributed by atoms with Gasteiger partial charge in [0.2, 0.25) is 5.82 Å². The zero-order valence-electron chi connectivity index (χ0n) is 16.3. The molecule has 4 rings (SSSR count). The molecule has 1 aliphatic rings. The monoisotopic (exact) mass is 398 g/mol. The van der Waals surface area contributed by atoms with E-state index in [4.69, 9.17) is 4.74 Å². The van der Waals surface area contributed by atoms with Gasteiger partial charge in [0.1, 0.15) is 0 Å². The molecule has 3 aromatic rings. The van der Waals surface area contributed by atoms with E-state index in [1.165, 1.54) is 29.7 Å². The van der Waals surface area contributed by atoms with E-state index < -0.39 is 0 Å². The summed E-state index contributed by atoms with van der Waals surface area (Å²) in [5, 5.41) is 14.8. The third kappa shape index (κ3) is 4.48. The van der Waals surface area contributed by atoms with Gasteiger partial charge >= 0.3 is 0 Å². The minimum Gasteiger partial charge on any atom is -0.383 e. The molecule has 0 amide bonds. The summed E-state index contributed by atoms with van der Waals surface area (Å²) in [5.41, 5.74) is 1.45. The summed E-state index contributed by atoms with van der Waals surface area (Å²) in [7, 11) is 1.71. The van der Waals surface area contributed by atoms with Crippen molar-refractivity contribution in [3.63, 3.8) is 0 Å². The van der Waals surface area contributed by atoms with Crippen LogP contribution in [0, 0.1) is 5.92 Å². The van der Waals surface area contributed by atoms with Gasteiger partial charge in [0, 0.05) is 7.11 Å². The highest BCUT2D eigenvalue weighted by Crippen LogP contribution is 2.24. The van der Waals surface area contributed by atoms with E-state index in [0.717, 1.165) is 24.8 Å². The zero-order valence-corrected chi connectivity index (χ0v) is 17.1. The first-order valence-electron chi connectivity index (χ1n) is 10.0. The molecule has 1 atom stereocenters. The minimum absolute atomic E-state index is 0.199. The standard InChI is InChI=1S/C21H27N5OS/c1-27-14-13-26-21(22-23-24-26)20(19-8-5-15-28-19)25-11-9-18(10-12-25)16-17-6-3-2-4-7-17/h2-8,15,18,20H,9-14,16H2,1H3/p+1/t20-/m0/s1. The molecule has 6 nitrogen and oxygen atoms in total. The summed E-state index contributed by atoms with van der Waals surface area (Å²) in [6.07, 6.45) is 3.67. The van der Waals surface area contributed by atoms with Gasteiger partial charge in [-0.05, 0) is 52.6 Å². The second-order valence-corrected chi connectivity index (χ2v) is 8.47. The van der Waals surface area contributed by atoms with Gasteiger partial charge in [-0.15, -0.1) is 16.4 Å². The first-order chi connectivity index (χ1) is 13.8. The maximum Gasteiger partial charge on any atom is 0.215 e. The van der Waals surface area contributed by atoms with Crippen LogP contribution in [-0.2, 0) is 17.7 Å². The molecular formula is C21H28N5OS+. The highest BCUT2D eigenvalue weighted by atomic mass is 32.1. The Bertz CT molecular complexity index is 828. The third-order valence-corrected chi connectivity index (χ3v) is 6.61. The number of ether oxygens (including phenoxy) is 1. The van der Waals surface area contributed by atoms with Gasteiger partial charge in [0.05, 0.1) is 31.1 Å². The fraction of sp³-hybridized carbons (Fsp3) is 0.476. The van der Waals surface area contributed by atoms with E-state index in [1.807, 2.05) is 4.68 Å². The van der Waals surface area contributed by atoms with E-state index in [2.05, 4.69) is 63.4 Å². The molecule has 148 valence electrons. The second-order valence-electron chi connectivity index (χ2n) is 7.49. The topological polar surface area (TPSA) is 57.3 Å². The van der Waals surface area contributed by atoms with Crippen molar-refractivity contribution in [3.05, 3.63) is 64.1 Å². The number of nitrogens with zero attached hydrogens (tertiary/aromatic N) is 4. The van der Waals surface area contributed by atoms with Crippen LogP contribution >= 0.6 is 11.3 Å². The average molecular weight is 399 g/mol. The number of nitrogens with one attached hydrogen (secondary N) is 1. The highest BCUT2D eigenvalue weighted by molar-refractivity contribution is 7.10. The number of hydrogen-bond acceptors (Lipinski definition) is 5. The number of hydrogen-bond donors (Lipinski definition) is 1. The molecule has 0 aliphatic carbocycles. The van der Waals surface area contributed by atoms with Gasteiger partial charge in [-0.25, -0.2) is 4.68 Å². The number of tetrazole rings is 1. The van der Waals surface area contributed by atoms with E-state index in [-0.39, 0.29) is 6.04 Å². The number of methoxy groups -OCH3 is 1. The van der Waals surface area contributed by atoms with Crippen molar-refractivity contribution < 1.29 is 9.64 Å². The lowest BCUT2D eigenvalue weighted by atomic mass is 9.89. The Balaban J connectivity index is 1.47. The molecule has 1 aliphatic heterocycles. The lowest BCUT2D eigenvalue weighted by Crippen LogP contribution is -3.13. The number of benzene rings is 1. The lowest BCUT2D eigenvalue weighted by molar-refractivity contribution is -0.931. The fourth-order valence-electron chi connectivity index (χ4n) is 4.21. The van der Waals surface area contributed by atoms with Crippen molar-refractivity contribution in [1.29, 1.82) is 0 Å². The predicted molar refractivity (Wildman–Crippen MR) is 109 cm³/mol. The third-order valence-electron chi connectivity index (χ3n) is 5.68. The zero-order chi connectivity index (χ0) is 19.2. The minimum atomic E-state index is 0.199. The largest absolute Gasteiger partial charge is 0.383 e. The van der Waals surface area contributed by atoms with E-state index in [0.29, 0.717) is 13.2 Å². The van der Waals surface area contributed by atoms with E-state index >= 15 is 0 Å². The predicted octanol–water partition coefficient (Wildman–Crippen LogP) is 2.01. The maximum absolute atomic E-state index is 5.24. The summed E-state index contributed by atoms with van der Waals surface area (Å²) in [6, 6.07) is 15.4. The number of likely N-dealkylation sites (tertiary alicyclic amines) is 1. The van der Waals surface area contributed by atoms with Crippen molar-refractivity contribution in [1.82, 2.24) is 20.2 Å². The van der Waals surface area contributed by atoms with Crippen LogP contribution in [0.1, 0.15) is 35.1 Å². The number of quaternary nitrogens is 1. The van der Waals surface area contributed by atoms with Crippen LogP contribution in [0.4, 0.5) is 0 Å². The highest BCUT2D eigenvalue weighted by Gasteiger charge is 2.35. The Kier molecular flexibility index (Phi) is 6.46. The second kappa shape index (κ2) is 9.41. The summed E-state index contributed by atoms with van der Waals surface area (Å²) in [4.78, 5) is 2.91.